The molecule has 1 heterocycles. The van der Waals surface area contributed by atoms with Crippen molar-refractivity contribution in [2.45, 2.75) is 12.2 Å². The number of anilines is 1. The van der Waals surface area contributed by atoms with Crippen LogP contribution in [0.5, 0.6) is 0 Å². The van der Waals surface area contributed by atoms with E-state index >= 15 is 0 Å². The number of likely N-dealkylation sites (N-methyl/N-ethyl adjacent to an activating group) is 1. The fourth-order valence-electron chi connectivity index (χ4n) is 1.69. The zero-order valence-corrected chi connectivity index (χ0v) is 10.2. The molecule has 0 saturated carbocycles. The lowest BCUT2D eigenvalue weighted by Gasteiger charge is -2.17. The summed E-state index contributed by atoms with van der Waals surface area (Å²) in [5.74, 6) is 0. The van der Waals surface area contributed by atoms with Crippen LogP contribution in [0.2, 0.25) is 0 Å². The number of thiazole rings is 1. The van der Waals surface area contributed by atoms with E-state index in [2.05, 4.69) is 10.3 Å². The maximum absolute atomic E-state index is 9.95. The van der Waals surface area contributed by atoms with Crippen molar-refractivity contribution in [2.24, 2.45) is 0 Å². The van der Waals surface area contributed by atoms with Gasteiger partial charge in [-0.3, -0.25) is 0 Å². The molecule has 0 aliphatic heterocycles. The first-order chi connectivity index (χ1) is 8.11. The summed E-state index contributed by atoms with van der Waals surface area (Å²) in [6.45, 7) is 0.337. The zero-order chi connectivity index (χ0) is 12.4. The highest BCUT2D eigenvalue weighted by molar-refractivity contribution is 7.22. The zero-order valence-electron chi connectivity index (χ0n) is 9.42. The van der Waals surface area contributed by atoms with Crippen LogP contribution in [0.25, 0.3) is 10.2 Å². The molecule has 0 spiro atoms. The SMILES string of the molecule is CNCC(O)C(O)c1ccc2nc(N)sc2c1. The molecule has 5 nitrogen and oxygen atoms in total. The van der Waals surface area contributed by atoms with Gasteiger partial charge in [-0.1, -0.05) is 17.4 Å². The molecule has 2 rings (SSSR count). The molecule has 0 bridgehead atoms. The van der Waals surface area contributed by atoms with Crippen molar-refractivity contribution in [2.75, 3.05) is 19.3 Å². The third-order valence-corrected chi connectivity index (χ3v) is 3.40. The lowest BCUT2D eigenvalue weighted by atomic mass is 10.0. The van der Waals surface area contributed by atoms with Gasteiger partial charge < -0.3 is 21.3 Å². The fourth-order valence-corrected chi connectivity index (χ4v) is 2.47. The van der Waals surface area contributed by atoms with Crippen LogP contribution in [0, 0.1) is 0 Å². The molecule has 2 unspecified atom stereocenters. The van der Waals surface area contributed by atoms with Crippen molar-refractivity contribution in [3.63, 3.8) is 0 Å². The van der Waals surface area contributed by atoms with Gasteiger partial charge in [0.05, 0.1) is 16.3 Å². The van der Waals surface area contributed by atoms with Crippen LogP contribution in [0.3, 0.4) is 0 Å². The predicted molar refractivity (Wildman–Crippen MR) is 68.9 cm³/mol. The van der Waals surface area contributed by atoms with Crippen molar-refractivity contribution in [1.29, 1.82) is 0 Å². The summed E-state index contributed by atoms with van der Waals surface area (Å²) < 4.78 is 0.913. The Kier molecular flexibility index (Phi) is 3.58. The minimum absolute atomic E-state index is 0.337. The van der Waals surface area contributed by atoms with Gasteiger partial charge in [-0.05, 0) is 24.7 Å². The first-order valence-electron chi connectivity index (χ1n) is 5.28. The van der Waals surface area contributed by atoms with Crippen LogP contribution >= 0.6 is 11.3 Å². The Hall–Kier alpha value is -1.21. The van der Waals surface area contributed by atoms with Crippen LogP contribution < -0.4 is 11.1 Å². The number of hydrogen-bond donors (Lipinski definition) is 4. The molecule has 0 amide bonds. The van der Waals surface area contributed by atoms with Crippen molar-refractivity contribution in [1.82, 2.24) is 10.3 Å². The number of hydrogen-bond acceptors (Lipinski definition) is 6. The standard InChI is InChI=1S/C11H15N3O2S/c1-13-5-8(15)10(16)6-2-3-7-9(4-6)17-11(12)14-7/h2-4,8,10,13,15-16H,5H2,1H3,(H2,12,14). The van der Waals surface area contributed by atoms with Gasteiger partial charge in [0.15, 0.2) is 5.13 Å². The van der Waals surface area contributed by atoms with E-state index in [9.17, 15) is 10.2 Å². The molecule has 17 heavy (non-hydrogen) atoms. The van der Waals surface area contributed by atoms with Crippen molar-refractivity contribution < 1.29 is 10.2 Å². The van der Waals surface area contributed by atoms with Gasteiger partial charge in [0.2, 0.25) is 0 Å². The summed E-state index contributed by atoms with van der Waals surface area (Å²) in [6.07, 6.45) is -1.74. The number of aliphatic hydroxyl groups is 2. The predicted octanol–water partition coefficient (Wildman–Crippen LogP) is 0.492. The minimum Gasteiger partial charge on any atom is -0.389 e. The van der Waals surface area contributed by atoms with Gasteiger partial charge in [-0.25, -0.2) is 4.98 Å². The van der Waals surface area contributed by atoms with E-state index in [-0.39, 0.29) is 0 Å². The number of rotatable bonds is 4. The Bertz CT molecular complexity index is 514. The Morgan fingerprint density at radius 3 is 2.94 bits per heavy atom. The third-order valence-electron chi connectivity index (χ3n) is 2.55. The van der Waals surface area contributed by atoms with Crippen LogP contribution in [-0.4, -0.2) is 34.9 Å². The minimum atomic E-state index is -0.907. The van der Waals surface area contributed by atoms with E-state index in [1.54, 1.807) is 19.2 Å². The number of nitrogens with zero attached hydrogens (tertiary/aromatic N) is 1. The van der Waals surface area contributed by atoms with E-state index in [1.807, 2.05) is 6.07 Å². The van der Waals surface area contributed by atoms with Crippen LogP contribution in [0.1, 0.15) is 11.7 Å². The Morgan fingerprint density at radius 2 is 2.24 bits per heavy atom. The number of nitrogens with two attached hydrogens (primary N) is 1. The molecule has 6 heteroatoms. The van der Waals surface area contributed by atoms with E-state index < -0.39 is 12.2 Å². The second kappa shape index (κ2) is 4.97. The molecule has 0 aliphatic carbocycles. The largest absolute Gasteiger partial charge is 0.389 e. The van der Waals surface area contributed by atoms with Crippen LogP contribution in [-0.2, 0) is 0 Å². The molecule has 0 fully saturated rings. The molecule has 5 N–H and O–H groups in total. The summed E-state index contributed by atoms with van der Waals surface area (Å²) in [5.41, 5.74) is 7.09. The molecule has 2 aromatic rings. The van der Waals surface area contributed by atoms with Gasteiger partial charge in [0.1, 0.15) is 6.10 Å². The topological polar surface area (TPSA) is 91.4 Å². The summed E-state index contributed by atoms with van der Waals surface area (Å²) in [5, 5.41) is 23.0. The third kappa shape index (κ3) is 2.55. The van der Waals surface area contributed by atoms with E-state index in [0.717, 1.165) is 10.2 Å². The van der Waals surface area contributed by atoms with E-state index in [1.165, 1.54) is 11.3 Å². The average Bonchev–Trinajstić information content (AvgIpc) is 2.67. The van der Waals surface area contributed by atoms with Crippen molar-refractivity contribution >= 4 is 26.7 Å². The number of nitrogens with one attached hydrogen (secondary N) is 1. The molecule has 0 aliphatic rings. The quantitative estimate of drug-likeness (QED) is 0.636. The lowest BCUT2D eigenvalue weighted by molar-refractivity contribution is 0.0203. The number of fused-ring (bicyclic) bond motifs is 1. The first-order valence-corrected chi connectivity index (χ1v) is 6.10. The molecule has 0 radical (unpaired) electrons. The monoisotopic (exact) mass is 253 g/mol. The number of benzene rings is 1. The maximum atomic E-state index is 9.95. The summed E-state index contributed by atoms with van der Waals surface area (Å²) in [6, 6.07) is 5.37. The highest BCUT2D eigenvalue weighted by Crippen LogP contribution is 2.27. The molecule has 1 aromatic carbocycles. The molecule has 92 valence electrons. The van der Waals surface area contributed by atoms with Gasteiger partial charge >= 0.3 is 0 Å². The van der Waals surface area contributed by atoms with E-state index in [0.29, 0.717) is 17.2 Å². The number of aliphatic hydroxyl groups excluding tert-OH is 2. The summed E-state index contributed by atoms with van der Waals surface area (Å²) in [7, 11) is 1.73. The second-order valence-electron chi connectivity index (χ2n) is 3.85. The molecular formula is C11H15N3O2S. The van der Waals surface area contributed by atoms with Crippen LogP contribution in [0.15, 0.2) is 18.2 Å². The molecule has 2 atom stereocenters. The highest BCUT2D eigenvalue weighted by Gasteiger charge is 2.18. The number of nitrogen functional groups attached to an aromatic ring is 1. The average molecular weight is 253 g/mol. The highest BCUT2D eigenvalue weighted by atomic mass is 32.1. The van der Waals surface area contributed by atoms with Crippen molar-refractivity contribution in [3.8, 4) is 0 Å². The Labute approximate surface area is 103 Å². The Balaban J connectivity index is 2.28. The lowest BCUT2D eigenvalue weighted by Crippen LogP contribution is -2.29. The van der Waals surface area contributed by atoms with Gasteiger partial charge in [0.25, 0.3) is 0 Å². The Morgan fingerprint density at radius 1 is 1.47 bits per heavy atom. The van der Waals surface area contributed by atoms with Gasteiger partial charge in [-0.2, -0.15) is 0 Å². The fraction of sp³-hybridized carbons (Fsp3) is 0.364. The van der Waals surface area contributed by atoms with Gasteiger partial charge in [-0.15, -0.1) is 0 Å². The smallest absolute Gasteiger partial charge is 0.181 e. The normalized spacial score (nSPS) is 15.0. The molecular weight excluding hydrogens is 238 g/mol. The first kappa shape index (κ1) is 12.3. The second-order valence-corrected chi connectivity index (χ2v) is 4.91. The summed E-state index contributed by atoms with van der Waals surface area (Å²) in [4.78, 5) is 4.13. The van der Waals surface area contributed by atoms with E-state index in [4.69, 9.17) is 5.73 Å². The maximum Gasteiger partial charge on any atom is 0.181 e. The molecule has 1 aromatic heterocycles. The van der Waals surface area contributed by atoms with Crippen LogP contribution in [0.4, 0.5) is 5.13 Å². The molecule has 0 saturated heterocycles. The van der Waals surface area contributed by atoms with Gasteiger partial charge in [0, 0.05) is 6.54 Å². The summed E-state index contributed by atoms with van der Waals surface area (Å²) >= 11 is 1.37. The number of aromatic nitrogens is 1. The van der Waals surface area contributed by atoms with Crippen molar-refractivity contribution in [3.05, 3.63) is 23.8 Å².